The number of rotatable bonds is 3. The summed E-state index contributed by atoms with van der Waals surface area (Å²) in [6.07, 6.45) is 12.1. The van der Waals surface area contributed by atoms with Crippen molar-refractivity contribution >= 4 is 17.4 Å². The molecule has 2 aliphatic heterocycles. The first kappa shape index (κ1) is 19.6. The molecule has 154 valence electrons. The van der Waals surface area contributed by atoms with Crippen molar-refractivity contribution < 1.29 is 4.79 Å². The fraction of sp³-hybridized carbons (Fsp3) is 0.696. The number of anilines is 2. The van der Waals surface area contributed by atoms with E-state index in [1.807, 2.05) is 17.0 Å². The van der Waals surface area contributed by atoms with Crippen LogP contribution in [-0.2, 0) is 0 Å². The van der Waals surface area contributed by atoms with Crippen LogP contribution in [0.15, 0.2) is 24.3 Å². The highest BCUT2D eigenvalue weighted by atomic mass is 16.2. The monoisotopic (exact) mass is 384 g/mol. The van der Waals surface area contributed by atoms with Crippen LogP contribution in [0.1, 0.15) is 57.8 Å². The van der Waals surface area contributed by atoms with Gasteiger partial charge in [0.05, 0.1) is 0 Å². The Morgan fingerprint density at radius 2 is 1.36 bits per heavy atom. The SMILES string of the molecule is O=C(Nc1ccc(N2CCCCC2)cc1)N1CCN(C2CCCCCC2)CC1. The topological polar surface area (TPSA) is 38.8 Å². The molecule has 0 radical (unpaired) electrons. The molecule has 5 nitrogen and oxygen atoms in total. The maximum absolute atomic E-state index is 12.7. The van der Waals surface area contributed by atoms with Gasteiger partial charge in [0.1, 0.15) is 0 Å². The highest BCUT2D eigenvalue weighted by Crippen LogP contribution is 2.24. The molecule has 1 aromatic rings. The van der Waals surface area contributed by atoms with Gasteiger partial charge >= 0.3 is 6.03 Å². The van der Waals surface area contributed by atoms with Crippen LogP contribution in [0.25, 0.3) is 0 Å². The Balaban J connectivity index is 1.25. The molecule has 1 N–H and O–H groups in total. The van der Waals surface area contributed by atoms with Gasteiger partial charge in [0.25, 0.3) is 0 Å². The summed E-state index contributed by atoms with van der Waals surface area (Å²) in [6, 6.07) is 9.17. The Morgan fingerprint density at radius 1 is 0.750 bits per heavy atom. The van der Waals surface area contributed by atoms with Gasteiger partial charge in [-0.1, -0.05) is 25.7 Å². The average molecular weight is 385 g/mol. The molecule has 4 rings (SSSR count). The van der Waals surface area contributed by atoms with Gasteiger partial charge in [-0.05, 0) is 56.4 Å². The quantitative estimate of drug-likeness (QED) is 0.777. The van der Waals surface area contributed by atoms with Gasteiger partial charge in [0.2, 0.25) is 0 Å². The van der Waals surface area contributed by atoms with Gasteiger partial charge in [0, 0.05) is 56.7 Å². The molecule has 1 aliphatic carbocycles. The van der Waals surface area contributed by atoms with Crippen molar-refractivity contribution in [2.45, 2.75) is 63.8 Å². The van der Waals surface area contributed by atoms with Crippen LogP contribution < -0.4 is 10.2 Å². The smallest absolute Gasteiger partial charge is 0.321 e. The highest BCUT2D eigenvalue weighted by molar-refractivity contribution is 5.89. The van der Waals surface area contributed by atoms with Crippen LogP contribution in [0, 0.1) is 0 Å². The molecule has 1 aromatic carbocycles. The number of carbonyl (C=O) groups excluding carboxylic acids is 1. The number of nitrogens with zero attached hydrogens (tertiary/aromatic N) is 3. The van der Waals surface area contributed by atoms with Crippen molar-refractivity contribution in [3.63, 3.8) is 0 Å². The number of hydrogen-bond donors (Lipinski definition) is 1. The summed E-state index contributed by atoms with van der Waals surface area (Å²) < 4.78 is 0. The fourth-order valence-corrected chi connectivity index (χ4v) is 5.02. The molecule has 2 heterocycles. The molecule has 0 bridgehead atoms. The summed E-state index contributed by atoms with van der Waals surface area (Å²) in [5.74, 6) is 0. The minimum absolute atomic E-state index is 0.0474. The zero-order chi connectivity index (χ0) is 19.2. The Labute approximate surface area is 170 Å². The lowest BCUT2D eigenvalue weighted by molar-refractivity contribution is 0.105. The molecule has 0 spiro atoms. The van der Waals surface area contributed by atoms with E-state index in [-0.39, 0.29) is 6.03 Å². The summed E-state index contributed by atoms with van der Waals surface area (Å²) in [7, 11) is 0. The molecule has 3 aliphatic rings. The first-order valence-electron chi connectivity index (χ1n) is 11.4. The standard InChI is InChI=1S/C23H36N4O/c28-23(24-20-10-12-22(13-11-20)25-14-6-3-7-15-25)27-18-16-26(17-19-27)21-8-4-1-2-5-9-21/h10-13,21H,1-9,14-19H2,(H,24,28). The van der Waals surface area contributed by atoms with E-state index < -0.39 is 0 Å². The Hall–Kier alpha value is -1.75. The summed E-state index contributed by atoms with van der Waals surface area (Å²) in [4.78, 5) is 19.7. The zero-order valence-corrected chi connectivity index (χ0v) is 17.2. The summed E-state index contributed by atoms with van der Waals surface area (Å²) in [5.41, 5.74) is 2.17. The molecule has 0 atom stereocenters. The van der Waals surface area contributed by atoms with Gasteiger partial charge in [-0.25, -0.2) is 4.79 Å². The predicted octanol–water partition coefficient (Wildman–Crippen LogP) is 4.55. The first-order chi connectivity index (χ1) is 13.8. The number of piperazine rings is 1. The second kappa shape index (κ2) is 9.64. The molecule has 0 aromatic heterocycles. The van der Waals surface area contributed by atoms with E-state index in [4.69, 9.17) is 0 Å². The highest BCUT2D eigenvalue weighted by Gasteiger charge is 2.26. The zero-order valence-electron chi connectivity index (χ0n) is 17.2. The molecule has 0 unspecified atom stereocenters. The molecule has 2 amide bonds. The fourth-order valence-electron chi connectivity index (χ4n) is 5.02. The number of carbonyl (C=O) groups is 1. The Morgan fingerprint density at radius 3 is 2.00 bits per heavy atom. The molecular weight excluding hydrogens is 348 g/mol. The second-order valence-electron chi connectivity index (χ2n) is 8.69. The van der Waals surface area contributed by atoms with E-state index >= 15 is 0 Å². The van der Waals surface area contributed by atoms with Gasteiger partial charge in [-0.15, -0.1) is 0 Å². The number of piperidine rings is 1. The molecular formula is C23H36N4O. The van der Waals surface area contributed by atoms with E-state index in [0.29, 0.717) is 0 Å². The van der Waals surface area contributed by atoms with Gasteiger partial charge in [0.15, 0.2) is 0 Å². The lowest BCUT2D eigenvalue weighted by atomic mass is 10.1. The Bertz CT molecular complexity index is 610. The van der Waals surface area contributed by atoms with E-state index in [1.54, 1.807) is 0 Å². The maximum Gasteiger partial charge on any atom is 0.321 e. The third kappa shape index (κ3) is 4.99. The summed E-state index contributed by atoms with van der Waals surface area (Å²) >= 11 is 0. The van der Waals surface area contributed by atoms with Gasteiger partial charge in [-0.2, -0.15) is 0 Å². The number of hydrogen-bond acceptors (Lipinski definition) is 3. The van der Waals surface area contributed by atoms with Crippen LogP contribution in [0.3, 0.4) is 0 Å². The van der Waals surface area contributed by atoms with Crippen molar-refractivity contribution in [1.82, 2.24) is 9.80 Å². The molecule has 1 saturated carbocycles. The van der Waals surface area contributed by atoms with Crippen LogP contribution in [0.5, 0.6) is 0 Å². The normalized spacial score (nSPS) is 22.7. The first-order valence-corrected chi connectivity index (χ1v) is 11.4. The van der Waals surface area contributed by atoms with E-state index in [2.05, 4.69) is 27.2 Å². The van der Waals surface area contributed by atoms with E-state index in [1.165, 1.54) is 63.5 Å². The molecule has 5 heteroatoms. The molecule has 2 saturated heterocycles. The number of benzene rings is 1. The van der Waals surface area contributed by atoms with Crippen LogP contribution in [0.4, 0.5) is 16.2 Å². The van der Waals surface area contributed by atoms with Crippen molar-refractivity contribution in [3.05, 3.63) is 24.3 Å². The summed E-state index contributed by atoms with van der Waals surface area (Å²) in [6.45, 7) is 6.02. The number of urea groups is 1. The van der Waals surface area contributed by atoms with Crippen molar-refractivity contribution in [2.75, 3.05) is 49.5 Å². The van der Waals surface area contributed by atoms with Gasteiger partial charge in [-0.3, -0.25) is 4.90 Å². The minimum atomic E-state index is 0.0474. The molecule has 3 fully saturated rings. The van der Waals surface area contributed by atoms with Crippen molar-refractivity contribution in [3.8, 4) is 0 Å². The van der Waals surface area contributed by atoms with E-state index in [9.17, 15) is 4.79 Å². The predicted molar refractivity (Wildman–Crippen MR) is 116 cm³/mol. The van der Waals surface area contributed by atoms with E-state index in [0.717, 1.165) is 51.0 Å². The maximum atomic E-state index is 12.7. The number of amides is 2. The van der Waals surface area contributed by atoms with Gasteiger partial charge < -0.3 is 15.1 Å². The van der Waals surface area contributed by atoms with Crippen LogP contribution in [-0.4, -0.2) is 61.1 Å². The summed E-state index contributed by atoms with van der Waals surface area (Å²) in [5, 5.41) is 3.10. The minimum Gasteiger partial charge on any atom is -0.372 e. The second-order valence-corrected chi connectivity index (χ2v) is 8.69. The lowest BCUT2D eigenvalue weighted by Crippen LogP contribution is -2.52. The van der Waals surface area contributed by atoms with Crippen LogP contribution >= 0.6 is 0 Å². The third-order valence-corrected chi connectivity index (χ3v) is 6.78. The third-order valence-electron chi connectivity index (χ3n) is 6.78. The average Bonchev–Trinajstić information content (AvgIpc) is 3.05. The van der Waals surface area contributed by atoms with Crippen molar-refractivity contribution in [2.24, 2.45) is 0 Å². The van der Waals surface area contributed by atoms with Crippen LogP contribution in [0.2, 0.25) is 0 Å². The lowest BCUT2D eigenvalue weighted by Gasteiger charge is -2.39. The van der Waals surface area contributed by atoms with Crippen molar-refractivity contribution in [1.29, 1.82) is 0 Å². The Kier molecular flexibility index (Phi) is 6.73. The largest absolute Gasteiger partial charge is 0.372 e. The molecule has 28 heavy (non-hydrogen) atoms. The number of nitrogens with one attached hydrogen (secondary N) is 1.